The van der Waals surface area contributed by atoms with Crippen molar-refractivity contribution in [2.24, 2.45) is 0 Å². The number of thiophene rings is 1. The van der Waals surface area contributed by atoms with Crippen molar-refractivity contribution in [3.8, 4) is 0 Å². The average molecular weight is 422 g/mol. The Kier molecular flexibility index (Phi) is 4.87. The second kappa shape index (κ2) is 7.67. The van der Waals surface area contributed by atoms with Gasteiger partial charge in [0.2, 0.25) is 0 Å². The number of nitrogens with one attached hydrogen (secondary N) is 3. The first-order chi connectivity index (χ1) is 14.2. The lowest BCUT2D eigenvalue weighted by Crippen LogP contribution is -2.42. The van der Waals surface area contributed by atoms with Crippen LogP contribution in [0.5, 0.6) is 0 Å². The van der Waals surface area contributed by atoms with Gasteiger partial charge in [0.1, 0.15) is 5.69 Å². The van der Waals surface area contributed by atoms with Gasteiger partial charge >= 0.3 is 0 Å². The highest BCUT2D eigenvalue weighted by atomic mass is 35.5. The largest absolute Gasteiger partial charge is 0.351 e. The number of hydrogen-bond donors (Lipinski definition) is 3. The van der Waals surface area contributed by atoms with E-state index in [1.54, 1.807) is 11.3 Å². The molecule has 3 N–H and O–H groups in total. The number of halogens is 1. The van der Waals surface area contributed by atoms with Crippen LogP contribution in [0, 0.1) is 0 Å². The molecule has 0 fully saturated rings. The number of carbonyl (C=O) groups is 1. The predicted octanol–water partition coefficient (Wildman–Crippen LogP) is 5.07. The zero-order chi connectivity index (χ0) is 19.8. The number of H-pyrrole nitrogens is 1. The minimum absolute atomic E-state index is 0.00476. The number of rotatable bonds is 5. The highest BCUT2D eigenvalue weighted by molar-refractivity contribution is 7.09. The Hall–Kier alpha value is -2.60. The van der Waals surface area contributed by atoms with Crippen LogP contribution in [0.4, 0.5) is 0 Å². The van der Waals surface area contributed by atoms with Gasteiger partial charge in [-0.2, -0.15) is 0 Å². The minimum Gasteiger partial charge on any atom is -0.351 e. The first-order valence-electron chi connectivity index (χ1n) is 9.60. The van der Waals surface area contributed by atoms with Crippen LogP contribution in [0.2, 0.25) is 5.02 Å². The molecule has 1 aliphatic carbocycles. The van der Waals surface area contributed by atoms with Crippen molar-refractivity contribution >= 4 is 39.7 Å². The van der Waals surface area contributed by atoms with Gasteiger partial charge in [0.15, 0.2) is 0 Å². The van der Waals surface area contributed by atoms with Crippen LogP contribution in [0.25, 0.3) is 10.9 Å². The van der Waals surface area contributed by atoms with Crippen molar-refractivity contribution in [3.05, 3.63) is 92.8 Å². The second-order valence-electron chi connectivity index (χ2n) is 7.34. The van der Waals surface area contributed by atoms with E-state index in [0.717, 1.165) is 23.9 Å². The Morgan fingerprint density at radius 1 is 1.14 bits per heavy atom. The first kappa shape index (κ1) is 18.4. The number of hydrogen-bond acceptors (Lipinski definition) is 3. The molecule has 0 saturated carbocycles. The Morgan fingerprint density at radius 2 is 2.03 bits per heavy atom. The molecule has 4 nitrogen and oxygen atoms in total. The topological polar surface area (TPSA) is 56.9 Å². The van der Waals surface area contributed by atoms with Gasteiger partial charge in [-0.3, -0.25) is 4.79 Å². The van der Waals surface area contributed by atoms with Gasteiger partial charge in [-0.25, -0.2) is 0 Å². The maximum Gasteiger partial charge on any atom is 0.268 e. The van der Waals surface area contributed by atoms with Gasteiger partial charge in [-0.1, -0.05) is 41.9 Å². The quantitative estimate of drug-likeness (QED) is 0.421. The molecule has 5 rings (SSSR count). The molecule has 29 heavy (non-hydrogen) atoms. The highest BCUT2D eigenvalue weighted by Gasteiger charge is 2.33. The molecule has 4 aromatic rings. The smallest absolute Gasteiger partial charge is 0.268 e. The lowest BCUT2D eigenvalue weighted by Gasteiger charge is -2.23. The number of aromatic nitrogens is 1. The van der Waals surface area contributed by atoms with E-state index in [1.165, 1.54) is 16.0 Å². The van der Waals surface area contributed by atoms with E-state index in [1.807, 2.05) is 24.3 Å². The summed E-state index contributed by atoms with van der Waals surface area (Å²) in [6, 6.07) is 20.1. The third-order valence-corrected chi connectivity index (χ3v) is 6.56. The summed E-state index contributed by atoms with van der Waals surface area (Å²) < 4.78 is 0. The Balaban J connectivity index is 1.37. The molecule has 6 heteroatoms. The molecular formula is C23H20ClN3OS. The standard InChI is InChI=1S/C23H20ClN3OS/c24-16-7-8-19-15(10-16)12-21(26-19)23(28)27-20-11-14-4-1-2-6-18(14)22(20)25-13-17-5-3-9-29-17/h1-10,12,20,22,25-26H,11,13H2,(H,27,28)/t20-,22+/m0/s1. The number of benzene rings is 2. The van der Waals surface area contributed by atoms with E-state index >= 15 is 0 Å². The molecule has 0 unspecified atom stereocenters. The molecule has 2 atom stereocenters. The van der Waals surface area contributed by atoms with E-state index in [9.17, 15) is 4.79 Å². The summed E-state index contributed by atoms with van der Waals surface area (Å²) in [7, 11) is 0. The fraction of sp³-hybridized carbons (Fsp3) is 0.174. The van der Waals surface area contributed by atoms with Gasteiger partial charge in [0.25, 0.3) is 5.91 Å². The molecule has 0 aliphatic heterocycles. The number of amides is 1. The summed E-state index contributed by atoms with van der Waals surface area (Å²) in [5.74, 6) is -0.0990. The molecule has 1 aliphatic rings. The normalized spacial score (nSPS) is 18.1. The van der Waals surface area contributed by atoms with Gasteiger partial charge < -0.3 is 15.6 Å². The van der Waals surface area contributed by atoms with E-state index in [4.69, 9.17) is 11.6 Å². The summed E-state index contributed by atoms with van der Waals surface area (Å²) in [6.45, 7) is 0.786. The van der Waals surface area contributed by atoms with Crippen LogP contribution in [0.15, 0.2) is 66.0 Å². The first-order valence-corrected chi connectivity index (χ1v) is 10.9. The Bertz CT molecular complexity index is 1170. The molecule has 0 radical (unpaired) electrons. The van der Waals surface area contributed by atoms with Gasteiger partial charge in [0, 0.05) is 27.3 Å². The fourth-order valence-corrected chi connectivity index (χ4v) is 4.91. The number of aromatic amines is 1. The van der Waals surface area contributed by atoms with E-state index in [-0.39, 0.29) is 18.0 Å². The summed E-state index contributed by atoms with van der Waals surface area (Å²) in [4.78, 5) is 17.5. The summed E-state index contributed by atoms with van der Waals surface area (Å²) >= 11 is 7.81. The number of fused-ring (bicyclic) bond motifs is 2. The Morgan fingerprint density at radius 3 is 2.90 bits per heavy atom. The van der Waals surface area contributed by atoms with Crippen molar-refractivity contribution in [1.29, 1.82) is 0 Å². The zero-order valence-electron chi connectivity index (χ0n) is 15.6. The third kappa shape index (κ3) is 3.69. The van der Waals surface area contributed by atoms with Crippen LogP contribution < -0.4 is 10.6 Å². The van der Waals surface area contributed by atoms with Crippen molar-refractivity contribution in [3.63, 3.8) is 0 Å². The molecule has 146 valence electrons. The average Bonchev–Trinajstić information content (AvgIpc) is 3.44. The molecule has 2 aromatic carbocycles. The van der Waals surface area contributed by atoms with Crippen LogP contribution in [-0.2, 0) is 13.0 Å². The molecule has 0 spiro atoms. The molecule has 0 bridgehead atoms. The highest BCUT2D eigenvalue weighted by Crippen LogP contribution is 2.32. The molecule has 0 saturated heterocycles. The van der Waals surface area contributed by atoms with Crippen LogP contribution in [0.1, 0.15) is 32.5 Å². The maximum atomic E-state index is 13.0. The molecule has 2 aromatic heterocycles. The predicted molar refractivity (Wildman–Crippen MR) is 119 cm³/mol. The SMILES string of the molecule is O=C(N[C@H]1Cc2ccccc2[C@H]1NCc1cccs1)c1cc2cc(Cl)ccc2[nH]1. The molecular weight excluding hydrogens is 402 g/mol. The zero-order valence-corrected chi connectivity index (χ0v) is 17.2. The lowest BCUT2D eigenvalue weighted by atomic mass is 10.1. The van der Waals surface area contributed by atoms with Crippen LogP contribution in [0.3, 0.4) is 0 Å². The van der Waals surface area contributed by atoms with Gasteiger partial charge in [-0.15, -0.1) is 11.3 Å². The van der Waals surface area contributed by atoms with Crippen molar-refractivity contribution in [2.45, 2.75) is 25.0 Å². The summed E-state index contributed by atoms with van der Waals surface area (Å²) in [6.07, 6.45) is 0.816. The van der Waals surface area contributed by atoms with Crippen LogP contribution in [-0.4, -0.2) is 16.9 Å². The van der Waals surface area contributed by atoms with E-state index < -0.39 is 0 Å². The lowest BCUT2D eigenvalue weighted by molar-refractivity contribution is 0.0926. The third-order valence-electron chi connectivity index (χ3n) is 5.45. The monoisotopic (exact) mass is 421 g/mol. The Labute approximate surface area is 177 Å². The number of carbonyl (C=O) groups excluding carboxylic acids is 1. The fourth-order valence-electron chi connectivity index (χ4n) is 4.08. The van der Waals surface area contributed by atoms with E-state index in [0.29, 0.717) is 10.7 Å². The maximum absolute atomic E-state index is 13.0. The second-order valence-corrected chi connectivity index (χ2v) is 8.80. The van der Waals surface area contributed by atoms with E-state index in [2.05, 4.69) is 57.4 Å². The minimum atomic E-state index is -0.0990. The summed E-state index contributed by atoms with van der Waals surface area (Å²) in [5.41, 5.74) is 4.00. The van der Waals surface area contributed by atoms with Crippen molar-refractivity contribution in [2.75, 3.05) is 0 Å². The van der Waals surface area contributed by atoms with Crippen LogP contribution >= 0.6 is 22.9 Å². The van der Waals surface area contributed by atoms with Gasteiger partial charge in [-0.05, 0) is 53.3 Å². The molecule has 2 heterocycles. The van der Waals surface area contributed by atoms with Gasteiger partial charge in [0.05, 0.1) is 12.1 Å². The van der Waals surface area contributed by atoms with Crippen molar-refractivity contribution < 1.29 is 4.79 Å². The van der Waals surface area contributed by atoms with Crippen molar-refractivity contribution in [1.82, 2.24) is 15.6 Å². The molecule has 1 amide bonds. The summed E-state index contributed by atoms with van der Waals surface area (Å²) in [5, 5.41) is 10.6.